The Morgan fingerprint density at radius 2 is 2.47 bits per heavy atom. The van der Waals surface area contributed by atoms with E-state index in [1.165, 1.54) is 0 Å². The summed E-state index contributed by atoms with van der Waals surface area (Å²) in [5.41, 5.74) is 0.586. The SMILES string of the molecule is Clc1nc(OCC2CCOC2)c2cn[nH]c2n1. The molecule has 0 aromatic carbocycles. The van der Waals surface area contributed by atoms with Gasteiger partial charge in [-0.3, -0.25) is 5.10 Å². The Labute approximate surface area is 102 Å². The predicted molar refractivity (Wildman–Crippen MR) is 61.1 cm³/mol. The molecule has 90 valence electrons. The minimum Gasteiger partial charge on any atom is -0.477 e. The minimum atomic E-state index is 0.152. The van der Waals surface area contributed by atoms with E-state index in [9.17, 15) is 0 Å². The van der Waals surface area contributed by atoms with Gasteiger partial charge in [0.2, 0.25) is 11.2 Å². The van der Waals surface area contributed by atoms with Gasteiger partial charge in [0.1, 0.15) is 5.39 Å². The maximum atomic E-state index is 5.80. The van der Waals surface area contributed by atoms with Crippen molar-refractivity contribution in [1.29, 1.82) is 0 Å². The number of nitrogens with one attached hydrogen (secondary N) is 1. The molecule has 3 rings (SSSR count). The van der Waals surface area contributed by atoms with Crippen LogP contribution in [0.4, 0.5) is 0 Å². The van der Waals surface area contributed by atoms with Crippen molar-refractivity contribution in [3.8, 4) is 5.88 Å². The van der Waals surface area contributed by atoms with Crippen molar-refractivity contribution in [2.24, 2.45) is 5.92 Å². The van der Waals surface area contributed by atoms with Crippen molar-refractivity contribution in [2.45, 2.75) is 6.42 Å². The third-order valence-electron chi connectivity index (χ3n) is 2.73. The molecule has 6 nitrogen and oxygen atoms in total. The Kier molecular flexibility index (Phi) is 2.82. The predicted octanol–water partition coefficient (Wildman–Crippen LogP) is 1.42. The van der Waals surface area contributed by atoms with Crippen LogP contribution in [0, 0.1) is 5.92 Å². The van der Waals surface area contributed by atoms with Gasteiger partial charge in [-0.25, -0.2) is 0 Å². The van der Waals surface area contributed by atoms with Gasteiger partial charge in [0.25, 0.3) is 0 Å². The zero-order valence-corrected chi connectivity index (χ0v) is 9.78. The Hall–Kier alpha value is -1.40. The summed E-state index contributed by atoms with van der Waals surface area (Å²) in [4.78, 5) is 8.07. The van der Waals surface area contributed by atoms with Crippen molar-refractivity contribution in [1.82, 2.24) is 20.2 Å². The van der Waals surface area contributed by atoms with E-state index < -0.39 is 0 Å². The van der Waals surface area contributed by atoms with Crippen molar-refractivity contribution in [2.75, 3.05) is 19.8 Å². The molecule has 0 spiro atoms. The lowest BCUT2D eigenvalue weighted by atomic mass is 10.1. The van der Waals surface area contributed by atoms with E-state index in [1.807, 2.05) is 0 Å². The lowest BCUT2D eigenvalue weighted by molar-refractivity contribution is 0.166. The maximum Gasteiger partial charge on any atom is 0.229 e. The molecule has 17 heavy (non-hydrogen) atoms. The summed E-state index contributed by atoms with van der Waals surface area (Å²) < 4.78 is 11.0. The minimum absolute atomic E-state index is 0.152. The number of aromatic amines is 1. The van der Waals surface area contributed by atoms with E-state index in [-0.39, 0.29) is 5.28 Å². The van der Waals surface area contributed by atoms with Crippen LogP contribution < -0.4 is 4.74 Å². The average Bonchev–Trinajstić information content (AvgIpc) is 2.95. The third kappa shape index (κ3) is 2.18. The van der Waals surface area contributed by atoms with Gasteiger partial charge < -0.3 is 9.47 Å². The van der Waals surface area contributed by atoms with E-state index in [0.29, 0.717) is 24.1 Å². The molecule has 0 amide bonds. The van der Waals surface area contributed by atoms with Gasteiger partial charge >= 0.3 is 0 Å². The molecule has 3 heterocycles. The van der Waals surface area contributed by atoms with Gasteiger partial charge in [0.05, 0.1) is 19.4 Å². The Morgan fingerprint density at radius 1 is 1.53 bits per heavy atom. The van der Waals surface area contributed by atoms with Crippen molar-refractivity contribution in [3.05, 3.63) is 11.5 Å². The van der Waals surface area contributed by atoms with E-state index in [4.69, 9.17) is 21.1 Å². The first-order chi connectivity index (χ1) is 8.33. The van der Waals surface area contributed by atoms with Crippen LogP contribution in [0.5, 0.6) is 5.88 Å². The normalized spacial score (nSPS) is 19.9. The summed E-state index contributed by atoms with van der Waals surface area (Å²) >= 11 is 5.80. The van der Waals surface area contributed by atoms with Crippen LogP contribution in [0.2, 0.25) is 5.28 Å². The molecule has 1 N–H and O–H groups in total. The van der Waals surface area contributed by atoms with Crippen LogP contribution >= 0.6 is 11.6 Å². The first-order valence-electron chi connectivity index (χ1n) is 5.40. The highest BCUT2D eigenvalue weighted by Gasteiger charge is 2.18. The molecule has 7 heteroatoms. The molecule has 1 saturated heterocycles. The first-order valence-corrected chi connectivity index (χ1v) is 5.78. The first kappa shape index (κ1) is 10.7. The number of nitrogens with zero attached hydrogens (tertiary/aromatic N) is 3. The molecule has 0 bridgehead atoms. The second-order valence-electron chi connectivity index (χ2n) is 3.97. The molecule has 2 aromatic rings. The number of hydrogen-bond acceptors (Lipinski definition) is 5. The number of halogens is 1. The smallest absolute Gasteiger partial charge is 0.229 e. The lowest BCUT2D eigenvalue weighted by Gasteiger charge is -2.09. The van der Waals surface area contributed by atoms with Gasteiger partial charge in [-0.05, 0) is 18.0 Å². The summed E-state index contributed by atoms with van der Waals surface area (Å²) in [5, 5.41) is 7.53. The van der Waals surface area contributed by atoms with Crippen LogP contribution in [0.1, 0.15) is 6.42 Å². The molecule has 0 aliphatic carbocycles. The Bertz CT molecular complexity index is 524. The number of H-pyrrole nitrogens is 1. The zero-order chi connectivity index (χ0) is 11.7. The summed E-state index contributed by atoms with van der Waals surface area (Å²) in [6.45, 7) is 2.13. The van der Waals surface area contributed by atoms with Gasteiger partial charge in [0, 0.05) is 12.5 Å². The standard InChI is InChI=1S/C10H11ClN4O2/c11-10-13-8-7(3-12-15-8)9(14-10)17-5-6-1-2-16-4-6/h3,6H,1-2,4-5H2,(H,12,13,14,15). The summed E-state index contributed by atoms with van der Waals surface area (Å²) in [5.74, 6) is 0.895. The van der Waals surface area contributed by atoms with Crippen molar-refractivity contribution in [3.63, 3.8) is 0 Å². The molecule has 1 aliphatic rings. The largest absolute Gasteiger partial charge is 0.477 e. The molecule has 0 radical (unpaired) electrons. The molecule has 1 unspecified atom stereocenters. The second-order valence-corrected chi connectivity index (χ2v) is 4.31. The van der Waals surface area contributed by atoms with E-state index in [0.717, 1.165) is 25.0 Å². The number of fused-ring (bicyclic) bond motifs is 1. The second kappa shape index (κ2) is 4.46. The Morgan fingerprint density at radius 3 is 3.29 bits per heavy atom. The highest BCUT2D eigenvalue weighted by molar-refractivity contribution is 6.28. The lowest BCUT2D eigenvalue weighted by Crippen LogP contribution is -2.12. The highest BCUT2D eigenvalue weighted by atomic mass is 35.5. The van der Waals surface area contributed by atoms with Gasteiger partial charge in [0.15, 0.2) is 5.65 Å². The fourth-order valence-corrected chi connectivity index (χ4v) is 1.97. The molecule has 1 aliphatic heterocycles. The number of hydrogen-bond donors (Lipinski definition) is 1. The van der Waals surface area contributed by atoms with Gasteiger partial charge in [-0.15, -0.1) is 0 Å². The number of aromatic nitrogens is 4. The fraction of sp³-hybridized carbons (Fsp3) is 0.500. The van der Waals surface area contributed by atoms with Crippen LogP contribution in [0.15, 0.2) is 6.20 Å². The molecule has 1 fully saturated rings. The fourth-order valence-electron chi connectivity index (χ4n) is 1.80. The molecule has 1 atom stereocenters. The molecule has 0 saturated carbocycles. The zero-order valence-electron chi connectivity index (χ0n) is 9.02. The quantitative estimate of drug-likeness (QED) is 0.839. The molecular formula is C10H11ClN4O2. The molecular weight excluding hydrogens is 244 g/mol. The highest BCUT2D eigenvalue weighted by Crippen LogP contribution is 2.23. The number of ether oxygens (including phenoxy) is 2. The van der Waals surface area contributed by atoms with Crippen LogP contribution in [0.3, 0.4) is 0 Å². The van der Waals surface area contributed by atoms with E-state index >= 15 is 0 Å². The number of rotatable bonds is 3. The van der Waals surface area contributed by atoms with Crippen LogP contribution in [0.25, 0.3) is 11.0 Å². The topological polar surface area (TPSA) is 72.9 Å². The molecule has 2 aromatic heterocycles. The van der Waals surface area contributed by atoms with E-state index in [1.54, 1.807) is 6.20 Å². The maximum absolute atomic E-state index is 5.80. The van der Waals surface area contributed by atoms with Gasteiger partial charge in [-0.2, -0.15) is 15.1 Å². The summed E-state index contributed by atoms with van der Waals surface area (Å²) in [6.07, 6.45) is 2.65. The average molecular weight is 255 g/mol. The summed E-state index contributed by atoms with van der Waals surface area (Å²) in [7, 11) is 0. The van der Waals surface area contributed by atoms with Crippen molar-refractivity contribution < 1.29 is 9.47 Å². The third-order valence-corrected chi connectivity index (χ3v) is 2.90. The van der Waals surface area contributed by atoms with Gasteiger partial charge in [-0.1, -0.05) is 0 Å². The monoisotopic (exact) mass is 254 g/mol. The van der Waals surface area contributed by atoms with Crippen LogP contribution in [-0.4, -0.2) is 40.0 Å². The van der Waals surface area contributed by atoms with Crippen LogP contribution in [-0.2, 0) is 4.74 Å². The van der Waals surface area contributed by atoms with Crippen molar-refractivity contribution >= 4 is 22.6 Å². The van der Waals surface area contributed by atoms with E-state index in [2.05, 4.69) is 20.2 Å². The summed E-state index contributed by atoms with van der Waals surface area (Å²) in [6, 6.07) is 0. The Balaban J connectivity index is 1.81.